The molecule has 0 saturated heterocycles. The molecule has 2 N–H and O–H groups in total. The van der Waals surface area contributed by atoms with Gasteiger partial charge in [0.25, 0.3) is 0 Å². The smallest absolute Gasteiger partial charge is 0.305 e. The second-order valence-electron chi connectivity index (χ2n) is 3.78. The lowest BCUT2D eigenvalue weighted by Gasteiger charge is -2.19. The molecule has 0 heterocycles. The van der Waals surface area contributed by atoms with E-state index in [4.69, 9.17) is 5.73 Å². The largest absolute Gasteiger partial charge is 0.469 e. The Labute approximate surface area is 96.9 Å². The Morgan fingerprint density at radius 2 is 1.88 bits per heavy atom. The minimum absolute atomic E-state index is 0.213. The van der Waals surface area contributed by atoms with E-state index in [0.29, 0.717) is 19.4 Å². The van der Waals surface area contributed by atoms with E-state index >= 15 is 0 Å². The van der Waals surface area contributed by atoms with E-state index in [9.17, 15) is 9.59 Å². The first kappa shape index (κ1) is 14.9. The molecule has 0 aromatic heterocycles. The lowest BCUT2D eigenvalue weighted by Crippen LogP contribution is -2.35. The van der Waals surface area contributed by atoms with Gasteiger partial charge in [-0.2, -0.15) is 0 Å². The summed E-state index contributed by atoms with van der Waals surface area (Å²) in [6.07, 6.45) is 3.19. The summed E-state index contributed by atoms with van der Waals surface area (Å²) < 4.78 is 4.55. The minimum Gasteiger partial charge on any atom is -0.469 e. The number of primary amides is 1. The van der Waals surface area contributed by atoms with Gasteiger partial charge in [0.05, 0.1) is 13.7 Å². The van der Waals surface area contributed by atoms with Crippen molar-refractivity contribution in [2.75, 3.05) is 26.7 Å². The van der Waals surface area contributed by atoms with E-state index < -0.39 is 0 Å². The van der Waals surface area contributed by atoms with Gasteiger partial charge in [-0.3, -0.25) is 14.5 Å². The number of nitrogens with zero attached hydrogens (tertiary/aromatic N) is 1. The van der Waals surface area contributed by atoms with Gasteiger partial charge in [-0.25, -0.2) is 0 Å². The summed E-state index contributed by atoms with van der Waals surface area (Å²) in [6, 6.07) is 0. The predicted octanol–water partition coefficient (Wildman–Crippen LogP) is 0.527. The van der Waals surface area contributed by atoms with E-state index in [0.717, 1.165) is 19.4 Å². The third-order valence-electron chi connectivity index (χ3n) is 2.29. The second-order valence-corrected chi connectivity index (χ2v) is 3.78. The number of carbonyl (C=O) groups excluding carboxylic acids is 2. The summed E-state index contributed by atoms with van der Waals surface area (Å²) in [7, 11) is 1.38. The molecule has 0 radical (unpaired) electrons. The Morgan fingerprint density at radius 3 is 2.38 bits per heavy atom. The third-order valence-corrected chi connectivity index (χ3v) is 2.29. The van der Waals surface area contributed by atoms with Crippen LogP contribution in [-0.4, -0.2) is 43.5 Å². The molecule has 5 heteroatoms. The molecule has 0 fully saturated rings. The zero-order chi connectivity index (χ0) is 12.4. The first-order valence-corrected chi connectivity index (χ1v) is 5.67. The fourth-order valence-electron chi connectivity index (χ4n) is 1.42. The van der Waals surface area contributed by atoms with Gasteiger partial charge in [0.2, 0.25) is 5.91 Å². The quantitative estimate of drug-likeness (QED) is 0.586. The minimum atomic E-state index is -0.325. The van der Waals surface area contributed by atoms with Crippen LogP contribution in [0.4, 0.5) is 0 Å². The number of rotatable bonds is 9. The number of methoxy groups -OCH3 is 1. The number of amides is 1. The molecule has 5 nitrogen and oxygen atoms in total. The van der Waals surface area contributed by atoms with Crippen LogP contribution >= 0.6 is 0 Å². The van der Waals surface area contributed by atoms with Crippen molar-refractivity contribution < 1.29 is 14.3 Å². The molecule has 0 aliphatic carbocycles. The number of carbonyl (C=O) groups is 2. The molecule has 1 amide bonds. The SMILES string of the molecule is CCCCN(CCCC(=O)OC)CC(N)=O. The van der Waals surface area contributed by atoms with Crippen molar-refractivity contribution in [2.24, 2.45) is 5.73 Å². The summed E-state index contributed by atoms with van der Waals surface area (Å²) in [5.41, 5.74) is 5.15. The molecule has 0 aliphatic heterocycles. The van der Waals surface area contributed by atoms with E-state index in [2.05, 4.69) is 11.7 Å². The second kappa shape index (κ2) is 9.15. The average molecular weight is 230 g/mol. The van der Waals surface area contributed by atoms with Gasteiger partial charge >= 0.3 is 5.97 Å². The van der Waals surface area contributed by atoms with Crippen LogP contribution in [0.25, 0.3) is 0 Å². The van der Waals surface area contributed by atoms with Gasteiger partial charge < -0.3 is 10.5 Å². The summed E-state index contributed by atoms with van der Waals surface area (Å²) in [4.78, 5) is 23.7. The normalized spacial score (nSPS) is 10.4. The molecule has 0 unspecified atom stereocenters. The lowest BCUT2D eigenvalue weighted by molar-refractivity contribution is -0.140. The Kier molecular flexibility index (Phi) is 8.52. The van der Waals surface area contributed by atoms with Crippen molar-refractivity contribution in [3.05, 3.63) is 0 Å². The van der Waals surface area contributed by atoms with Gasteiger partial charge in [0, 0.05) is 6.42 Å². The average Bonchev–Trinajstić information content (AvgIpc) is 2.24. The topological polar surface area (TPSA) is 72.6 Å². The van der Waals surface area contributed by atoms with E-state index in [1.165, 1.54) is 7.11 Å². The maximum atomic E-state index is 10.9. The van der Waals surface area contributed by atoms with Crippen LogP contribution in [0, 0.1) is 0 Å². The molecule has 0 aromatic rings. The van der Waals surface area contributed by atoms with Crippen molar-refractivity contribution in [3.8, 4) is 0 Å². The first-order valence-electron chi connectivity index (χ1n) is 5.67. The van der Waals surface area contributed by atoms with Crippen LogP contribution in [0.15, 0.2) is 0 Å². The maximum absolute atomic E-state index is 10.9. The van der Waals surface area contributed by atoms with Gasteiger partial charge in [0.1, 0.15) is 0 Å². The number of hydrogen-bond acceptors (Lipinski definition) is 4. The summed E-state index contributed by atoms with van der Waals surface area (Å²) in [6.45, 7) is 3.91. The molecule has 16 heavy (non-hydrogen) atoms. The molecule has 0 atom stereocenters. The van der Waals surface area contributed by atoms with Gasteiger partial charge in [-0.05, 0) is 25.9 Å². The molecule has 0 bridgehead atoms. The molecule has 0 aromatic carbocycles. The van der Waals surface area contributed by atoms with Crippen LogP contribution in [0.2, 0.25) is 0 Å². The number of nitrogens with two attached hydrogens (primary N) is 1. The third kappa shape index (κ3) is 8.23. The fourth-order valence-corrected chi connectivity index (χ4v) is 1.42. The molecule has 94 valence electrons. The first-order chi connectivity index (χ1) is 7.60. The molecule has 0 rings (SSSR count). The molecule has 0 aliphatic rings. The summed E-state index contributed by atoms with van der Waals surface area (Å²) >= 11 is 0. The maximum Gasteiger partial charge on any atom is 0.305 e. The number of esters is 1. The highest BCUT2D eigenvalue weighted by molar-refractivity contribution is 5.75. The van der Waals surface area contributed by atoms with Crippen LogP contribution in [0.3, 0.4) is 0 Å². The number of ether oxygens (including phenoxy) is 1. The zero-order valence-electron chi connectivity index (χ0n) is 10.2. The highest BCUT2D eigenvalue weighted by atomic mass is 16.5. The van der Waals surface area contributed by atoms with Crippen molar-refractivity contribution in [1.82, 2.24) is 4.90 Å². The standard InChI is InChI=1S/C11H22N2O3/c1-3-4-7-13(9-10(12)14)8-5-6-11(15)16-2/h3-9H2,1-2H3,(H2,12,14). The highest BCUT2D eigenvalue weighted by Crippen LogP contribution is 1.99. The Hall–Kier alpha value is -1.10. The van der Waals surface area contributed by atoms with E-state index in [-0.39, 0.29) is 18.4 Å². The van der Waals surface area contributed by atoms with Crippen molar-refractivity contribution in [3.63, 3.8) is 0 Å². The molecule has 0 spiro atoms. The summed E-state index contributed by atoms with van der Waals surface area (Å²) in [5, 5.41) is 0. The van der Waals surface area contributed by atoms with Crippen LogP contribution < -0.4 is 5.73 Å². The zero-order valence-corrected chi connectivity index (χ0v) is 10.2. The Balaban J connectivity index is 3.81. The Bertz CT molecular complexity index is 219. The predicted molar refractivity (Wildman–Crippen MR) is 61.8 cm³/mol. The van der Waals surface area contributed by atoms with E-state index in [1.54, 1.807) is 0 Å². The van der Waals surface area contributed by atoms with Crippen molar-refractivity contribution >= 4 is 11.9 Å². The highest BCUT2D eigenvalue weighted by Gasteiger charge is 2.08. The van der Waals surface area contributed by atoms with Crippen molar-refractivity contribution in [1.29, 1.82) is 0 Å². The Morgan fingerprint density at radius 1 is 1.25 bits per heavy atom. The van der Waals surface area contributed by atoms with E-state index in [1.807, 2.05) is 4.90 Å². The van der Waals surface area contributed by atoms with Crippen LogP contribution in [0.1, 0.15) is 32.6 Å². The number of hydrogen-bond donors (Lipinski definition) is 1. The summed E-state index contributed by atoms with van der Waals surface area (Å²) in [5.74, 6) is -0.538. The monoisotopic (exact) mass is 230 g/mol. The lowest BCUT2D eigenvalue weighted by atomic mass is 10.2. The van der Waals surface area contributed by atoms with Crippen molar-refractivity contribution in [2.45, 2.75) is 32.6 Å². The molecule has 0 saturated carbocycles. The fraction of sp³-hybridized carbons (Fsp3) is 0.818. The molecular formula is C11H22N2O3. The van der Waals surface area contributed by atoms with Crippen LogP contribution in [0.5, 0.6) is 0 Å². The molecular weight excluding hydrogens is 208 g/mol. The van der Waals surface area contributed by atoms with Crippen LogP contribution in [-0.2, 0) is 14.3 Å². The van der Waals surface area contributed by atoms with Gasteiger partial charge in [-0.1, -0.05) is 13.3 Å². The van der Waals surface area contributed by atoms with Gasteiger partial charge in [0.15, 0.2) is 0 Å². The van der Waals surface area contributed by atoms with Gasteiger partial charge in [-0.15, -0.1) is 0 Å². The number of unbranched alkanes of at least 4 members (excludes halogenated alkanes) is 1.